The van der Waals surface area contributed by atoms with Crippen LogP contribution in [0.5, 0.6) is 5.75 Å². The molecule has 0 bridgehead atoms. The molecule has 1 unspecified atom stereocenters. The molecule has 198 valence electrons. The van der Waals surface area contributed by atoms with Gasteiger partial charge in [-0.1, -0.05) is 36.4 Å². The fourth-order valence-corrected chi connectivity index (χ4v) is 4.85. The van der Waals surface area contributed by atoms with Crippen molar-refractivity contribution in [3.05, 3.63) is 107 Å². The van der Waals surface area contributed by atoms with Gasteiger partial charge in [0.2, 0.25) is 5.91 Å². The lowest BCUT2D eigenvalue weighted by Gasteiger charge is -2.13. The van der Waals surface area contributed by atoms with Gasteiger partial charge in [-0.05, 0) is 55.5 Å². The van der Waals surface area contributed by atoms with Crippen LogP contribution in [0, 0.1) is 0 Å². The summed E-state index contributed by atoms with van der Waals surface area (Å²) in [6.07, 6.45) is 3.21. The number of aromatic nitrogens is 1. The van der Waals surface area contributed by atoms with Gasteiger partial charge in [-0.2, -0.15) is 0 Å². The van der Waals surface area contributed by atoms with Crippen molar-refractivity contribution >= 4 is 57.7 Å². The smallest absolute Gasteiger partial charge is 0.272 e. The molecule has 0 fully saturated rings. The summed E-state index contributed by atoms with van der Waals surface area (Å²) in [4.78, 5) is 43.5. The van der Waals surface area contributed by atoms with Crippen molar-refractivity contribution in [2.75, 3.05) is 17.7 Å². The summed E-state index contributed by atoms with van der Waals surface area (Å²) in [6, 6.07) is 23.0. The van der Waals surface area contributed by atoms with Gasteiger partial charge in [-0.25, -0.2) is 4.98 Å². The van der Waals surface area contributed by atoms with Crippen LogP contribution in [0.25, 0.3) is 6.08 Å². The molecule has 3 aromatic carbocycles. The first-order chi connectivity index (χ1) is 18.9. The van der Waals surface area contributed by atoms with E-state index in [4.69, 9.17) is 4.74 Å². The second-order valence-corrected chi connectivity index (χ2v) is 10.5. The van der Waals surface area contributed by atoms with Crippen LogP contribution in [-0.2, 0) is 9.59 Å². The zero-order chi connectivity index (χ0) is 27.6. The fraction of sp³-hybridized carbons (Fsp3) is 0.103. The summed E-state index contributed by atoms with van der Waals surface area (Å²) < 4.78 is 5.40. The average Bonchev–Trinajstić information content (AvgIpc) is 3.47. The third-order valence-electron chi connectivity index (χ3n) is 5.42. The highest BCUT2D eigenvalue weighted by Crippen LogP contribution is 2.26. The molecule has 0 aliphatic rings. The number of carbonyl (C=O) groups excluding carboxylic acids is 3. The molecule has 0 radical (unpaired) electrons. The van der Waals surface area contributed by atoms with Crippen molar-refractivity contribution in [3.63, 3.8) is 0 Å². The van der Waals surface area contributed by atoms with E-state index in [1.165, 1.54) is 30.2 Å². The van der Waals surface area contributed by atoms with Gasteiger partial charge in [0.25, 0.3) is 11.8 Å². The van der Waals surface area contributed by atoms with E-state index in [9.17, 15) is 14.4 Å². The first-order valence-electron chi connectivity index (χ1n) is 11.9. The van der Waals surface area contributed by atoms with Crippen LogP contribution in [0.4, 0.5) is 10.8 Å². The van der Waals surface area contributed by atoms with E-state index in [1.807, 2.05) is 37.3 Å². The SMILES string of the molecule is COc1ccccc1/C=C(\NC(=O)c1ccccc1)C(=O)Nc1ccc(SC(C)C(=O)Nc2nccs2)cc1. The summed E-state index contributed by atoms with van der Waals surface area (Å²) in [7, 11) is 1.54. The summed E-state index contributed by atoms with van der Waals surface area (Å²) in [6.45, 7) is 1.81. The Morgan fingerprint density at radius 3 is 2.36 bits per heavy atom. The molecule has 0 saturated carbocycles. The van der Waals surface area contributed by atoms with Gasteiger partial charge in [0.05, 0.1) is 12.4 Å². The molecule has 3 amide bonds. The fourth-order valence-electron chi connectivity index (χ4n) is 3.45. The van der Waals surface area contributed by atoms with E-state index in [2.05, 4.69) is 20.9 Å². The number of nitrogens with one attached hydrogen (secondary N) is 3. The molecule has 4 rings (SSSR count). The van der Waals surface area contributed by atoms with Gasteiger partial charge in [0.15, 0.2) is 5.13 Å². The largest absolute Gasteiger partial charge is 0.496 e. The van der Waals surface area contributed by atoms with Crippen molar-refractivity contribution < 1.29 is 19.1 Å². The number of amides is 3. The molecule has 4 aromatic rings. The topological polar surface area (TPSA) is 109 Å². The molecule has 1 heterocycles. The number of hydrogen-bond donors (Lipinski definition) is 3. The molecule has 1 aromatic heterocycles. The number of nitrogens with zero attached hydrogens (tertiary/aromatic N) is 1. The first-order valence-corrected chi connectivity index (χ1v) is 13.7. The summed E-state index contributed by atoms with van der Waals surface area (Å²) in [5.74, 6) is -0.496. The van der Waals surface area contributed by atoms with Crippen LogP contribution in [0.3, 0.4) is 0 Å². The lowest BCUT2D eigenvalue weighted by molar-refractivity contribution is -0.115. The summed E-state index contributed by atoms with van der Waals surface area (Å²) in [5.41, 5.74) is 1.64. The standard InChI is InChI=1S/C29H26N4O4S2/c1-19(26(34)33-29-30-16-17-38-29)39-23-14-12-22(13-15-23)31-28(36)24(18-21-10-6-7-11-25(21)37-2)32-27(35)20-8-4-3-5-9-20/h3-19H,1-2H3,(H,31,36)(H,32,35)(H,30,33,34)/b24-18-. The number of anilines is 2. The molecular formula is C29H26N4O4S2. The number of ether oxygens (including phenoxy) is 1. The Labute approximate surface area is 234 Å². The highest BCUT2D eigenvalue weighted by atomic mass is 32.2. The Balaban J connectivity index is 1.47. The molecule has 0 aliphatic carbocycles. The van der Waals surface area contributed by atoms with Crippen molar-refractivity contribution in [2.45, 2.75) is 17.1 Å². The molecule has 0 saturated heterocycles. The zero-order valence-corrected chi connectivity index (χ0v) is 22.8. The number of rotatable bonds is 10. The minimum atomic E-state index is -0.498. The van der Waals surface area contributed by atoms with E-state index in [0.717, 1.165) is 4.90 Å². The number of para-hydroxylation sites is 1. The zero-order valence-electron chi connectivity index (χ0n) is 21.2. The minimum absolute atomic E-state index is 0.0549. The number of methoxy groups -OCH3 is 1. The Morgan fingerprint density at radius 2 is 1.67 bits per heavy atom. The van der Waals surface area contributed by atoms with Gasteiger partial charge in [0, 0.05) is 33.3 Å². The Morgan fingerprint density at radius 1 is 0.949 bits per heavy atom. The van der Waals surface area contributed by atoms with Crippen molar-refractivity contribution in [2.24, 2.45) is 0 Å². The third-order valence-corrected chi connectivity index (χ3v) is 7.22. The van der Waals surface area contributed by atoms with Crippen LogP contribution in [0.1, 0.15) is 22.8 Å². The van der Waals surface area contributed by atoms with Crippen LogP contribution in [-0.4, -0.2) is 35.1 Å². The van der Waals surface area contributed by atoms with E-state index in [0.29, 0.717) is 27.7 Å². The van der Waals surface area contributed by atoms with Crippen molar-refractivity contribution in [1.82, 2.24) is 10.3 Å². The molecule has 10 heteroatoms. The molecule has 3 N–H and O–H groups in total. The first kappa shape index (κ1) is 27.6. The Bertz CT molecular complexity index is 1460. The number of thiazole rings is 1. The number of carbonyl (C=O) groups is 3. The highest BCUT2D eigenvalue weighted by Gasteiger charge is 2.18. The van der Waals surface area contributed by atoms with Crippen molar-refractivity contribution in [3.8, 4) is 5.75 Å². The maximum absolute atomic E-state index is 13.3. The van der Waals surface area contributed by atoms with Gasteiger partial charge >= 0.3 is 0 Å². The van der Waals surface area contributed by atoms with E-state index < -0.39 is 11.8 Å². The molecule has 1 atom stereocenters. The molecular weight excluding hydrogens is 532 g/mol. The summed E-state index contributed by atoms with van der Waals surface area (Å²) in [5, 5.41) is 10.3. The van der Waals surface area contributed by atoms with E-state index >= 15 is 0 Å². The predicted octanol–water partition coefficient (Wildman–Crippen LogP) is 5.68. The van der Waals surface area contributed by atoms with E-state index in [-0.39, 0.29) is 16.9 Å². The Kier molecular flexibility index (Phi) is 9.49. The third kappa shape index (κ3) is 7.79. The van der Waals surface area contributed by atoms with Gasteiger partial charge < -0.3 is 20.7 Å². The van der Waals surface area contributed by atoms with E-state index in [1.54, 1.807) is 66.2 Å². The van der Waals surface area contributed by atoms with Crippen molar-refractivity contribution in [1.29, 1.82) is 0 Å². The average molecular weight is 559 g/mol. The number of benzene rings is 3. The van der Waals surface area contributed by atoms with Gasteiger partial charge in [0.1, 0.15) is 11.4 Å². The maximum Gasteiger partial charge on any atom is 0.272 e. The molecule has 0 aliphatic heterocycles. The lowest BCUT2D eigenvalue weighted by atomic mass is 10.1. The lowest BCUT2D eigenvalue weighted by Crippen LogP contribution is -2.30. The quantitative estimate of drug-likeness (QED) is 0.171. The van der Waals surface area contributed by atoms with Gasteiger partial charge in [-0.15, -0.1) is 23.1 Å². The van der Waals surface area contributed by atoms with Gasteiger partial charge in [-0.3, -0.25) is 14.4 Å². The maximum atomic E-state index is 13.3. The molecule has 0 spiro atoms. The summed E-state index contributed by atoms with van der Waals surface area (Å²) >= 11 is 2.75. The minimum Gasteiger partial charge on any atom is -0.496 e. The predicted molar refractivity (Wildman–Crippen MR) is 156 cm³/mol. The van der Waals surface area contributed by atoms with Crippen LogP contribution in [0.2, 0.25) is 0 Å². The highest BCUT2D eigenvalue weighted by molar-refractivity contribution is 8.00. The normalized spacial score (nSPS) is 11.8. The number of hydrogen-bond acceptors (Lipinski definition) is 7. The van der Waals surface area contributed by atoms with Crippen LogP contribution < -0.4 is 20.7 Å². The monoisotopic (exact) mass is 558 g/mol. The second kappa shape index (κ2) is 13.4. The second-order valence-electron chi connectivity index (χ2n) is 8.19. The van der Waals surface area contributed by atoms with Crippen LogP contribution >= 0.6 is 23.1 Å². The number of thioether (sulfide) groups is 1. The molecule has 8 nitrogen and oxygen atoms in total. The Hall–Kier alpha value is -4.41. The van der Waals surface area contributed by atoms with Crippen LogP contribution in [0.15, 0.2) is 101 Å². The molecule has 39 heavy (non-hydrogen) atoms.